The largest absolute Gasteiger partial charge is 0.461 e. The van der Waals surface area contributed by atoms with Gasteiger partial charge in [-0.25, -0.2) is 9.48 Å². The lowest BCUT2D eigenvalue weighted by Gasteiger charge is -2.27. The standard InChI is InChI=1S/C25H22N4O4/c30-24(22-17-6-1-3-8-19(17)33-20-9-4-2-7-18(20)22)26-13-14-28-25(31)29(16-11-12-16)23(27-28)21-10-5-15-32-21/h1-10,15-16,22H,11-14H2,(H,26,30). The van der Waals surface area contributed by atoms with Crippen molar-refractivity contribution in [3.63, 3.8) is 0 Å². The molecule has 8 heteroatoms. The molecule has 1 aliphatic heterocycles. The first-order chi connectivity index (χ1) is 16.2. The molecule has 1 aliphatic carbocycles. The van der Waals surface area contributed by atoms with Gasteiger partial charge in [-0.3, -0.25) is 9.36 Å². The lowest BCUT2D eigenvalue weighted by molar-refractivity contribution is -0.121. The number of fused-ring (bicyclic) bond motifs is 2. The molecular weight excluding hydrogens is 420 g/mol. The minimum absolute atomic E-state index is 0.140. The minimum Gasteiger partial charge on any atom is -0.461 e. The summed E-state index contributed by atoms with van der Waals surface area (Å²) in [6.45, 7) is 0.546. The van der Waals surface area contributed by atoms with Crippen molar-refractivity contribution in [3.8, 4) is 23.1 Å². The van der Waals surface area contributed by atoms with Gasteiger partial charge in [-0.05, 0) is 37.1 Å². The van der Waals surface area contributed by atoms with Crippen LogP contribution in [0.5, 0.6) is 11.5 Å². The average Bonchev–Trinajstić information content (AvgIpc) is 3.41. The average molecular weight is 442 g/mol. The van der Waals surface area contributed by atoms with Crippen LogP contribution in [0.3, 0.4) is 0 Å². The van der Waals surface area contributed by atoms with E-state index in [2.05, 4.69) is 10.4 Å². The second-order valence-corrected chi connectivity index (χ2v) is 8.31. The highest BCUT2D eigenvalue weighted by atomic mass is 16.5. The molecule has 2 aliphatic rings. The van der Waals surface area contributed by atoms with Crippen LogP contribution in [-0.2, 0) is 11.3 Å². The molecule has 6 rings (SSSR count). The van der Waals surface area contributed by atoms with Gasteiger partial charge in [0, 0.05) is 23.7 Å². The Labute approximate surface area is 189 Å². The fourth-order valence-electron chi connectivity index (χ4n) is 4.38. The van der Waals surface area contributed by atoms with Crippen LogP contribution >= 0.6 is 0 Å². The fourth-order valence-corrected chi connectivity index (χ4v) is 4.38. The number of hydrogen-bond acceptors (Lipinski definition) is 5. The number of rotatable bonds is 6. The summed E-state index contributed by atoms with van der Waals surface area (Å²) < 4.78 is 14.6. The number of nitrogens with zero attached hydrogens (tertiary/aromatic N) is 3. The summed E-state index contributed by atoms with van der Waals surface area (Å²) in [5, 5.41) is 7.49. The van der Waals surface area contributed by atoms with Crippen LogP contribution in [0.1, 0.15) is 35.9 Å². The van der Waals surface area contributed by atoms with Gasteiger partial charge in [-0.2, -0.15) is 0 Å². The van der Waals surface area contributed by atoms with Gasteiger partial charge >= 0.3 is 5.69 Å². The molecule has 2 aromatic heterocycles. The highest BCUT2D eigenvalue weighted by molar-refractivity contribution is 5.89. The number of carbonyl (C=O) groups is 1. The van der Waals surface area contributed by atoms with Crippen molar-refractivity contribution >= 4 is 5.91 Å². The molecule has 0 spiro atoms. The number of ether oxygens (including phenoxy) is 1. The Kier molecular flexibility index (Phi) is 4.64. The number of furan rings is 1. The number of carbonyl (C=O) groups excluding carboxylic acids is 1. The lowest BCUT2D eigenvalue weighted by atomic mass is 9.87. The summed E-state index contributed by atoms with van der Waals surface area (Å²) in [7, 11) is 0. The molecule has 0 radical (unpaired) electrons. The monoisotopic (exact) mass is 442 g/mol. The summed E-state index contributed by atoms with van der Waals surface area (Å²) in [6.07, 6.45) is 3.48. The second kappa shape index (κ2) is 7.81. The van der Waals surface area contributed by atoms with E-state index in [0.29, 0.717) is 23.1 Å². The van der Waals surface area contributed by atoms with Crippen molar-refractivity contribution in [1.82, 2.24) is 19.7 Å². The molecule has 8 nitrogen and oxygen atoms in total. The Morgan fingerprint density at radius 1 is 1.00 bits per heavy atom. The third-order valence-electron chi connectivity index (χ3n) is 6.09. The minimum atomic E-state index is -0.481. The van der Waals surface area contributed by atoms with Gasteiger partial charge in [0.05, 0.1) is 18.7 Å². The summed E-state index contributed by atoms with van der Waals surface area (Å²) in [6, 6.07) is 18.9. The molecule has 0 atom stereocenters. The zero-order valence-electron chi connectivity index (χ0n) is 17.8. The quantitative estimate of drug-likeness (QED) is 0.492. The Morgan fingerprint density at radius 3 is 2.33 bits per heavy atom. The third kappa shape index (κ3) is 3.44. The number of para-hydroxylation sites is 2. The molecule has 166 valence electrons. The van der Waals surface area contributed by atoms with Gasteiger partial charge in [0.25, 0.3) is 0 Å². The Morgan fingerprint density at radius 2 is 1.70 bits per heavy atom. The zero-order chi connectivity index (χ0) is 22.4. The Bertz CT molecular complexity index is 1340. The van der Waals surface area contributed by atoms with Gasteiger partial charge in [0.2, 0.25) is 11.7 Å². The van der Waals surface area contributed by atoms with Crippen LogP contribution in [0.25, 0.3) is 11.6 Å². The number of benzene rings is 2. The molecule has 1 amide bonds. The maximum absolute atomic E-state index is 13.3. The molecule has 33 heavy (non-hydrogen) atoms. The van der Waals surface area contributed by atoms with Crippen molar-refractivity contribution < 1.29 is 13.9 Å². The number of hydrogen-bond donors (Lipinski definition) is 1. The fraction of sp³-hybridized carbons (Fsp3) is 0.240. The summed E-state index contributed by atoms with van der Waals surface area (Å²) in [4.78, 5) is 26.2. The van der Waals surface area contributed by atoms with Crippen LogP contribution in [0, 0.1) is 0 Å². The molecule has 0 saturated heterocycles. The van der Waals surface area contributed by atoms with Crippen molar-refractivity contribution in [2.45, 2.75) is 31.3 Å². The van der Waals surface area contributed by atoms with E-state index < -0.39 is 5.92 Å². The number of nitrogens with one attached hydrogen (secondary N) is 1. The van der Waals surface area contributed by atoms with Gasteiger partial charge in [0.1, 0.15) is 11.5 Å². The number of aromatic nitrogens is 3. The van der Waals surface area contributed by atoms with Crippen molar-refractivity contribution in [1.29, 1.82) is 0 Å². The summed E-state index contributed by atoms with van der Waals surface area (Å²) in [5.74, 6) is 1.84. The lowest BCUT2D eigenvalue weighted by Crippen LogP contribution is -2.35. The van der Waals surface area contributed by atoms with E-state index in [0.717, 1.165) is 24.0 Å². The predicted molar refractivity (Wildman–Crippen MR) is 120 cm³/mol. The molecular formula is C25H22N4O4. The van der Waals surface area contributed by atoms with Crippen LogP contribution in [0.2, 0.25) is 0 Å². The molecule has 3 heterocycles. The van der Waals surface area contributed by atoms with E-state index in [1.807, 2.05) is 48.5 Å². The smallest absolute Gasteiger partial charge is 0.346 e. The number of amides is 1. The van der Waals surface area contributed by atoms with Crippen molar-refractivity contribution in [2.75, 3.05) is 6.54 Å². The van der Waals surface area contributed by atoms with Crippen molar-refractivity contribution in [2.24, 2.45) is 0 Å². The topological polar surface area (TPSA) is 91.3 Å². The van der Waals surface area contributed by atoms with E-state index >= 15 is 0 Å². The first-order valence-electron chi connectivity index (χ1n) is 11.1. The van der Waals surface area contributed by atoms with E-state index in [1.54, 1.807) is 23.0 Å². The molecule has 1 N–H and O–H groups in total. The van der Waals surface area contributed by atoms with Gasteiger partial charge in [-0.15, -0.1) is 5.10 Å². The van der Waals surface area contributed by atoms with Crippen LogP contribution in [0.4, 0.5) is 0 Å². The van der Waals surface area contributed by atoms with E-state index in [1.165, 1.54) is 4.68 Å². The SMILES string of the molecule is O=C(NCCn1nc(-c2ccco2)n(C2CC2)c1=O)C1c2ccccc2Oc2ccccc21. The summed E-state index contributed by atoms with van der Waals surface area (Å²) >= 11 is 0. The highest BCUT2D eigenvalue weighted by Gasteiger charge is 2.33. The maximum atomic E-state index is 13.3. The summed E-state index contributed by atoms with van der Waals surface area (Å²) in [5.41, 5.74) is 1.47. The highest BCUT2D eigenvalue weighted by Crippen LogP contribution is 2.43. The Hall–Kier alpha value is -4.07. The molecule has 1 fully saturated rings. The zero-order valence-corrected chi connectivity index (χ0v) is 17.8. The van der Waals surface area contributed by atoms with E-state index in [-0.39, 0.29) is 30.7 Å². The maximum Gasteiger partial charge on any atom is 0.346 e. The molecule has 4 aromatic rings. The molecule has 0 bridgehead atoms. The normalized spacial score (nSPS) is 14.9. The second-order valence-electron chi connectivity index (χ2n) is 8.31. The Balaban J connectivity index is 1.23. The van der Waals surface area contributed by atoms with E-state index in [4.69, 9.17) is 9.15 Å². The molecule has 2 aromatic carbocycles. The molecule has 1 saturated carbocycles. The van der Waals surface area contributed by atoms with Gasteiger partial charge in [-0.1, -0.05) is 36.4 Å². The first kappa shape index (κ1) is 19.6. The third-order valence-corrected chi connectivity index (χ3v) is 6.09. The van der Waals surface area contributed by atoms with Crippen molar-refractivity contribution in [3.05, 3.63) is 88.5 Å². The van der Waals surface area contributed by atoms with Crippen LogP contribution < -0.4 is 15.7 Å². The van der Waals surface area contributed by atoms with E-state index in [9.17, 15) is 9.59 Å². The predicted octanol–water partition coefficient (Wildman–Crippen LogP) is 3.69. The first-order valence-corrected chi connectivity index (χ1v) is 11.1. The van der Waals surface area contributed by atoms with Gasteiger partial charge in [0.15, 0.2) is 5.76 Å². The van der Waals surface area contributed by atoms with Crippen LogP contribution in [-0.4, -0.2) is 26.8 Å². The van der Waals surface area contributed by atoms with Crippen LogP contribution in [0.15, 0.2) is 76.1 Å². The molecule has 0 unspecified atom stereocenters. The van der Waals surface area contributed by atoms with Gasteiger partial charge < -0.3 is 14.5 Å².